The fraction of sp³-hybridized carbons (Fsp3) is 0.0455. The van der Waals surface area contributed by atoms with Gasteiger partial charge in [0.25, 0.3) is 5.91 Å². The van der Waals surface area contributed by atoms with Gasteiger partial charge in [-0.1, -0.05) is 45.8 Å². The Kier molecular flexibility index (Phi) is 7.16. The Labute approximate surface area is 190 Å². The fourth-order valence-corrected chi connectivity index (χ4v) is 3.52. The Balaban J connectivity index is 1.76. The molecule has 1 N–H and O–H groups in total. The molecule has 3 aromatic carbocycles. The summed E-state index contributed by atoms with van der Waals surface area (Å²) in [4.78, 5) is 24.7. The van der Waals surface area contributed by atoms with Gasteiger partial charge in [0.05, 0.1) is 17.3 Å². The average Bonchev–Trinajstić information content (AvgIpc) is 2.70. The summed E-state index contributed by atoms with van der Waals surface area (Å²) in [5.74, 6) is -0.444. The van der Waals surface area contributed by atoms with Crippen molar-refractivity contribution < 1.29 is 14.3 Å². The van der Waals surface area contributed by atoms with E-state index in [4.69, 9.17) is 4.74 Å². The molecule has 0 spiro atoms. The van der Waals surface area contributed by atoms with Crippen LogP contribution in [0.15, 0.2) is 76.3 Å². The van der Waals surface area contributed by atoms with E-state index in [-0.39, 0.29) is 5.91 Å². The SMILES string of the molecule is Cc1cccc(C(=O)Oc2ccc(Br)cc2/C=N\NC(=O)c2ccccc2I)c1. The fourth-order valence-electron chi connectivity index (χ4n) is 2.51. The maximum atomic E-state index is 12.5. The first-order chi connectivity index (χ1) is 13.9. The molecule has 0 radical (unpaired) electrons. The molecule has 3 rings (SSSR count). The lowest BCUT2D eigenvalue weighted by Crippen LogP contribution is -2.18. The Morgan fingerprint density at radius 2 is 1.86 bits per heavy atom. The summed E-state index contributed by atoms with van der Waals surface area (Å²) in [6.07, 6.45) is 1.44. The van der Waals surface area contributed by atoms with Gasteiger partial charge in [-0.25, -0.2) is 10.2 Å². The lowest BCUT2D eigenvalue weighted by Gasteiger charge is -2.08. The van der Waals surface area contributed by atoms with Crippen molar-refractivity contribution in [2.75, 3.05) is 0 Å². The predicted molar refractivity (Wildman–Crippen MR) is 124 cm³/mol. The second-order valence-electron chi connectivity index (χ2n) is 6.12. The number of ether oxygens (including phenoxy) is 1. The standard InChI is InChI=1S/C22H16BrIN2O3/c1-14-5-4-6-15(11-14)22(28)29-20-10-9-17(23)12-16(20)13-25-26-21(27)18-7-2-3-8-19(18)24/h2-13H,1H3,(H,26,27)/b25-13-. The zero-order valence-electron chi connectivity index (χ0n) is 15.4. The quantitative estimate of drug-likeness (QED) is 0.150. The van der Waals surface area contributed by atoms with Crippen LogP contribution in [-0.2, 0) is 0 Å². The highest BCUT2D eigenvalue weighted by Crippen LogP contribution is 2.23. The summed E-state index contributed by atoms with van der Waals surface area (Å²) >= 11 is 5.49. The molecule has 0 aliphatic heterocycles. The molecule has 0 unspecified atom stereocenters. The number of nitrogens with one attached hydrogen (secondary N) is 1. The molecular formula is C22H16BrIN2O3. The summed E-state index contributed by atoms with van der Waals surface area (Å²) in [5.41, 5.74) is 5.00. The van der Waals surface area contributed by atoms with E-state index in [1.54, 1.807) is 48.5 Å². The topological polar surface area (TPSA) is 67.8 Å². The molecule has 0 bridgehead atoms. The van der Waals surface area contributed by atoms with E-state index in [0.29, 0.717) is 22.4 Å². The van der Waals surface area contributed by atoms with Crippen LogP contribution in [-0.4, -0.2) is 18.1 Å². The minimum Gasteiger partial charge on any atom is -0.422 e. The first-order valence-electron chi connectivity index (χ1n) is 8.60. The molecule has 0 fully saturated rings. The lowest BCUT2D eigenvalue weighted by molar-refractivity contribution is 0.0734. The molecule has 0 aliphatic rings. The molecule has 0 heterocycles. The highest BCUT2D eigenvalue weighted by atomic mass is 127. The van der Waals surface area contributed by atoms with Crippen LogP contribution in [0.5, 0.6) is 5.75 Å². The number of amides is 1. The van der Waals surface area contributed by atoms with Crippen molar-refractivity contribution in [3.8, 4) is 5.75 Å². The van der Waals surface area contributed by atoms with Gasteiger partial charge in [-0.2, -0.15) is 5.10 Å². The van der Waals surface area contributed by atoms with E-state index < -0.39 is 5.97 Å². The number of esters is 1. The van der Waals surface area contributed by atoms with E-state index in [0.717, 1.165) is 13.6 Å². The van der Waals surface area contributed by atoms with Crippen molar-refractivity contribution >= 4 is 56.6 Å². The summed E-state index contributed by atoms with van der Waals surface area (Å²) in [7, 11) is 0. The van der Waals surface area contributed by atoms with Gasteiger partial charge in [0, 0.05) is 13.6 Å². The highest BCUT2D eigenvalue weighted by molar-refractivity contribution is 14.1. The van der Waals surface area contributed by atoms with Crippen LogP contribution in [0, 0.1) is 10.5 Å². The van der Waals surface area contributed by atoms with Gasteiger partial charge in [0.1, 0.15) is 5.75 Å². The average molecular weight is 563 g/mol. The van der Waals surface area contributed by atoms with Crippen molar-refractivity contribution in [2.45, 2.75) is 6.92 Å². The summed E-state index contributed by atoms with van der Waals surface area (Å²) in [6.45, 7) is 1.91. The maximum absolute atomic E-state index is 12.5. The minimum absolute atomic E-state index is 0.320. The third kappa shape index (κ3) is 5.74. The van der Waals surface area contributed by atoms with Crippen LogP contribution in [0.1, 0.15) is 31.8 Å². The Hall–Kier alpha value is -2.52. The molecule has 0 saturated heterocycles. The summed E-state index contributed by atoms with van der Waals surface area (Å²) < 4.78 is 7.15. The van der Waals surface area contributed by atoms with E-state index in [1.165, 1.54) is 6.21 Å². The molecule has 0 aromatic heterocycles. The molecule has 3 aromatic rings. The largest absolute Gasteiger partial charge is 0.422 e. The second kappa shape index (κ2) is 9.80. The molecule has 0 aliphatic carbocycles. The lowest BCUT2D eigenvalue weighted by atomic mass is 10.1. The number of hydrogen-bond acceptors (Lipinski definition) is 4. The van der Waals surface area contributed by atoms with E-state index in [2.05, 4.69) is 49.0 Å². The summed E-state index contributed by atoms with van der Waals surface area (Å²) in [5, 5.41) is 4.01. The van der Waals surface area contributed by atoms with E-state index >= 15 is 0 Å². The maximum Gasteiger partial charge on any atom is 0.343 e. The van der Waals surface area contributed by atoms with Crippen LogP contribution in [0.25, 0.3) is 0 Å². The second-order valence-corrected chi connectivity index (χ2v) is 8.20. The monoisotopic (exact) mass is 562 g/mol. The van der Waals surface area contributed by atoms with Crippen molar-refractivity contribution in [2.24, 2.45) is 5.10 Å². The van der Waals surface area contributed by atoms with Gasteiger partial charge in [-0.3, -0.25) is 4.79 Å². The van der Waals surface area contributed by atoms with Gasteiger partial charge in [-0.05, 0) is 72.0 Å². The van der Waals surface area contributed by atoms with Crippen molar-refractivity contribution in [1.29, 1.82) is 0 Å². The molecule has 5 nitrogen and oxygen atoms in total. The molecule has 1 amide bonds. The smallest absolute Gasteiger partial charge is 0.343 e. The first-order valence-corrected chi connectivity index (χ1v) is 10.5. The molecular weight excluding hydrogens is 547 g/mol. The number of benzene rings is 3. The molecule has 0 saturated carbocycles. The van der Waals surface area contributed by atoms with E-state index in [1.807, 2.05) is 25.1 Å². The molecule has 7 heteroatoms. The number of carbonyl (C=O) groups excluding carboxylic acids is 2. The van der Waals surface area contributed by atoms with Gasteiger partial charge in [0.15, 0.2) is 0 Å². The Morgan fingerprint density at radius 3 is 2.62 bits per heavy atom. The number of aryl methyl sites for hydroxylation is 1. The van der Waals surface area contributed by atoms with Crippen molar-refractivity contribution in [1.82, 2.24) is 5.43 Å². The number of hydrogen-bond donors (Lipinski definition) is 1. The van der Waals surface area contributed by atoms with Gasteiger partial charge in [0.2, 0.25) is 0 Å². The van der Waals surface area contributed by atoms with Crippen molar-refractivity contribution in [3.05, 3.63) is 97.0 Å². The van der Waals surface area contributed by atoms with Crippen LogP contribution >= 0.6 is 38.5 Å². The third-order valence-electron chi connectivity index (χ3n) is 3.92. The third-order valence-corrected chi connectivity index (χ3v) is 5.35. The molecule has 29 heavy (non-hydrogen) atoms. The zero-order valence-corrected chi connectivity index (χ0v) is 19.1. The van der Waals surface area contributed by atoms with Gasteiger partial charge < -0.3 is 4.74 Å². The normalized spacial score (nSPS) is 10.7. The van der Waals surface area contributed by atoms with Gasteiger partial charge >= 0.3 is 5.97 Å². The minimum atomic E-state index is -0.464. The summed E-state index contributed by atoms with van der Waals surface area (Å²) in [6, 6.07) is 19.6. The Morgan fingerprint density at radius 1 is 1.07 bits per heavy atom. The first kappa shape index (κ1) is 21.2. The van der Waals surface area contributed by atoms with Crippen LogP contribution in [0.3, 0.4) is 0 Å². The number of hydrazone groups is 1. The predicted octanol–water partition coefficient (Wildman–Crippen LogP) is 5.35. The Bertz CT molecular complexity index is 1100. The molecule has 146 valence electrons. The van der Waals surface area contributed by atoms with Crippen molar-refractivity contribution in [3.63, 3.8) is 0 Å². The number of nitrogens with zero attached hydrogens (tertiary/aromatic N) is 1. The number of rotatable bonds is 5. The molecule has 0 atom stereocenters. The van der Waals surface area contributed by atoms with E-state index in [9.17, 15) is 9.59 Å². The van der Waals surface area contributed by atoms with Crippen LogP contribution in [0.2, 0.25) is 0 Å². The number of halogens is 2. The number of carbonyl (C=O) groups is 2. The van der Waals surface area contributed by atoms with Crippen LogP contribution in [0.4, 0.5) is 0 Å². The van der Waals surface area contributed by atoms with Crippen LogP contribution < -0.4 is 10.2 Å². The zero-order chi connectivity index (χ0) is 20.8. The van der Waals surface area contributed by atoms with Gasteiger partial charge in [-0.15, -0.1) is 0 Å². The highest BCUT2D eigenvalue weighted by Gasteiger charge is 2.12.